The predicted octanol–water partition coefficient (Wildman–Crippen LogP) is 2.10. The lowest BCUT2D eigenvalue weighted by molar-refractivity contribution is -0.149. The van der Waals surface area contributed by atoms with Crippen molar-refractivity contribution < 1.29 is 9.18 Å². The van der Waals surface area contributed by atoms with E-state index in [1.165, 1.54) is 0 Å². The molecule has 1 nitrogen and oxygen atoms in total. The van der Waals surface area contributed by atoms with Crippen LogP contribution >= 0.6 is 0 Å². The number of hydrogen-bond donors (Lipinski definition) is 0. The topological polar surface area (TPSA) is 17.1 Å². The minimum absolute atomic E-state index is 0.0984. The molecule has 0 aromatic heterocycles. The van der Waals surface area contributed by atoms with Crippen molar-refractivity contribution in [2.24, 2.45) is 17.8 Å². The van der Waals surface area contributed by atoms with Crippen LogP contribution in [0.5, 0.6) is 0 Å². The molecule has 4 aliphatic carbocycles. The second kappa shape index (κ2) is 1.91. The Balaban J connectivity index is 2.00. The second-order valence-electron chi connectivity index (χ2n) is 4.90. The second-order valence-corrected chi connectivity index (χ2v) is 4.90. The zero-order valence-electron chi connectivity index (χ0n) is 7.05. The third-order valence-electron chi connectivity index (χ3n) is 3.92. The summed E-state index contributed by atoms with van der Waals surface area (Å²) in [4.78, 5) is 11.5. The summed E-state index contributed by atoms with van der Waals surface area (Å²) in [6.45, 7) is 0. The molecule has 2 atom stereocenters. The third-order valence-corrected chi connectivity index (χ3v) is 3.92. The van der Waals surface area contributed by atoms with Gasteiger partial charge in [-0.15, -0.1) is 0 Å². The smallest absolute Gasteiger partial charge is 0.139 e. The van der Waals surface area contributed by atoms with Gasteiger partial charge in [0.25, 0.3) is 0 Å². The summed E-state index contributed by atoms with van der Waals surface area (Å²) in [5, 5.41) is 0. The highest BCUT2D eigenvalue weighted by atomic mass is 19.1. The highest BCUT2D eigenvalue weighted by Gasteiger charge is 2.55. The van der Waals surface area contributed by atoms with Crippen LogP contribution in [0.3, 0.4) is 0 Å². The Morgan fingerprint density at radius 2 is 1.75 bits per heavy atom. The van der Waals surface area contributed by atoms with Gasteiger partial charge in [0, 0.05) is 11.8 Å². The molecular formula is C10H13FO. The summed E-state index contributed by atoms with van der Waals surface area (Å²) < 4.78 is 13.9. The lowest BCUT2D eigenvalue weighted by atomic mass is 9.54. The van der Waals surface area contributed by atoms with Crippen LogP contribution in [-0.2, 0) is 4.79 Å². The van der Waals surface area contributed by atoms with E-state index in [0.717, 1.165) is 19.3 Å². The molecular weight excluding hydrogens is 155 g/mol. The minimum Gasteiger partial charge on any atom is -0.299 e. The highest BCUT2D eigenvalue weighted by Crippen LogP contribution is 2.55. The zero-order valence-corrected chi connectivity index (χ0v) is 7.05. The Kier molecular flexibility index (Phi) is 1.12. The maximum absolute atomic E-state index is 13.9. The van der Waals surface area contributed by atoms with Gasteiger partial charge in [-0.05, 0) is 38.0 Å². The number of Topliss-reactive ketones (excluding diaryl/α,β-unsaturated/α-hetero) is 1. The van der Waals surface area contributed by atoms with Gasteiger partial charge in [-0.3, -0.25) is 4.79 Å². The number of hydrogen-bond acceptors (Lipinski definition) is 1. The van der Waals surface area contributed by atoms with E-state index in [1.54, 1.807) is 0 Å². The molecule has 4 aliphatic rings. The Hall–Kier alpha value is -0.400. The molecule has 12 heavy (non-hydrogen) atoms. The van der Waals surface area contributed by atoms with Gasteiger partial charge in [-0.25, -0.2) is 4.39 Å². The molecule has 4 fully saturated rings. The van der Waals surface area contributed by atoms with Gasteiger partial charge in [0.2, 0.25) is 0 Å². The van der Waals surface area contributed by atoms with Crippen LogP contribution < -0.4 is 0 Å². The maximum Gasteiger partial charge on any atom is 0.139 e. The normalized spacial score (nSPS) is 56.4. The molecule has 66 valence electrons. The van der Waals surface area contributed by atoms with Crippen LogP contribution in [0.15, 0.2) is 0 Å². The average molecular weight is 168 g/mol. The molecule has 4 rings (SSSR count). The fourth-order valence-electron chi connectivity index (χ4n) is 3.65. The fourth-order valence-corrected chi connectivity index (χ4v) is 3.65. The first-order valence-corrected chi connectivity index (χ1v) is 4.89. The van der Waals surface area contributed by atoms with E-state index in [2.05, 4.69) is 0 Å². The predicted molar refractivity (Wildman–Crippen MR) is 42.4 cm³/mol. The van der Waals surface area contributed by atoms with Gasteiger partial charge in [-0.1, -0.05) is 0 Å². The van der Waals surface area contributed by atoms with Gasteiger partial charge in [0.15, 0.2) is 0 Å². The van der Waals surface area contributed by atoms with Gasteiger partial charge >= 0.3 is 0 Å². The first-order chi connectivity index (χ1) is 5.66. The Bertz CT molecular complexity index is 230. The van der Waals surface area contributed by atoms with E-state index in [4.69, 9.17) is 0 Å². The van der Waals surface area contributed by atoms with Crippen molar-refractivity contribution in [2.45, 2.75) is 37.8 Å². The molecule has 4 saturated carbocycles. The lowest BCUT2D eigenvalue weighted by Crippen LogP contribution is -2.52. The van der Waals surface area contributed by atoms with Crippen molar-refractivity contribution in [2.75, 3.05) is 0 Å². The number of halogens is 1. The molecule has 0 heterocycles. The Morgan fingerprint density at radius 3 is 2.25 bits per heavy atom. The van der Waals surface area contributed by atoms with E-state index in [1.807, 2.05) is 0 Å². The van der Waals surface area contributed by atoms with Crippen LogP contribution in [0.1, 0.15) is 32.1 Å². The Labute approximate surface area is 71.3 Å². The third kappa shape index (κ3) is 0.758. The summed E-state index contributed by atoms with van der Waals surface area (Å²) in [7, 11) is 0. The minimum atomic E-state index is -0.940. The Morgan fingerprint density at radius 1 is 1.17 bits per heavy atom. The molecule has 0 unspecified atom stereocenters. The van der Waals surface area contributed by atoms with E-state index in [0.29, 0.717) is 24.5 Å². The largest absolute Gasteiger partial charge is 0.299 e. The van der Waals surface area contributed by atoms with E-state index in [-0.39, 0.29) is 11.8 Å². The molecule has 0 amide bonds. The van der Waals surface area contributed by atoms with Crippen LogP contribution in [-0.4, -0.2) is 11.5 Å². The summed E-state index contributed by atoms with van der Waals surface area (Å²) in [6.07, 6.45) is 3.80. The van der Waals surface area contributed by atoms with Gasteiger partial charge in [0.1, 0.15) is 11.5 Å². The number of ketones is 1. The lowest BCUT2D eigenvalue weighted by Gasteiger charge is -2.51. The number of carbonyl (C=O) groups is 1. The highest BCUT2D eigenvalue weighted by molar-refractivity contribution is 5.85. The molecule has 4 bridgehead atoms. The number of rotatable bonds is 0. The monoisotopic (exact) mass is 168 g/mol. The molecule has 0 N–H and O–H groups in total. The van der Waals surface area contributed by atoms with Crippen LogP contribution in [0.25, 0.3) is 0 Å². The van der Waals surface area contributed by atoms with Gasteiger partial charge in [0.05, 0.1) is 0 Å². The molecule has 0 aromatic rings. The molecule has 0 aliphatic heterocycles. The van der Waals surface area contributed by atoms with Crippen molar-refractivity contribution in [3.63, 3.8) is 0 Å². The van der Waals surface area contributed by atoms with E-state index in [9.17, 15) is 9.18 Å². The van der Waals surface area contributed by atoms with Crippen LogP contribution in [0, 0.1) is 17.8 Å². The van der Waals surface area contributed by atoms with Crippen molar-refractivity contribution >= 4 is 5.78 Å². The first kappa shape index (κ1) is 7.05. The summed E-state index contributed by atoms with van der Waals surface area (Å²) >= 11 is 0. The van der Waals surface area contributed by atoms with Gasteiger partial charge in [-0.2, -0.15) is 0 Å². The van der Waals surface area contributed by atoms with Crippen molar-refractivity contribution in [3.05, 3.63) is 0 Å². The SMILES string of the molecule is O=C1[C@H]2CC3C[C@H]1CC(F)(C3)C2. The fraction of sp³-hybridized carbons (Fsp3) is 0.900. The molecule has 0 spiro atoms. The summed E-state index contributed by atoms with van der Waals surface area (Å²) in [5.41, 5.74) is -0.940. The van der Waals surface area contributed by atoms with Crippen LogP contribution in [0.4, 0.5) is 4.39 Å². The summed E-state index contributed by atoms with van der Waals surface area (Å²) in [6, 6.07) is 0. The number of carbonyl (C=O) groups excluding carboxylic acids is 1. The molecule has 0 aromatic carbocycles. The van der Waals surface area contributed by atoms with E-state index >= 15 is 0 Å². The van der Waals surface area contributed by atoms with E-state index < -0.39 is 5.67 Å². The molecule has 0 saturated heterocycles. The zero-order chi connectivity index (χ0) is 8.34. The number of alkyl halides is 1. The standard InChI is InChI=1S/C10H13FO/c11-10-3-6-1-7(4-10)9(12)8(2-6)5-10/h6-8H,1-5H2/t6?,7-,8-,10?/m0/s1. The maximum atomic E-state index is 13.9. The first-order valence-electron chi connectivity index (χ1n) is 4.89. The van der Waals surface area contributed by atoms with Gasteiger partial charge < -0.3 is 0 Å². The van der Waals surface area contributed by atoms with Crippen molar-refractivity contribution in [1.29, 1.82) is 0 Å². The summed E-state index contributed by atoms with van der Waals surface area (Å²) in [5.74, 6) is 1.10. The molecule has 0 radical (unpaired) electrons. The quantitative estimate of drug-likeness (QED) is 0.541. The van der Waals surface area contributed by atoms with Crippen molar-refractivity contribution in [3.8, 4) is 0 Å². The van der Waals surface area contributed by atoms with Crippen LogP contribution in [0.2, 0.25) is 0 Å². The molecule has 2 heteroatoms. The van der Waals surface area contributed by atoms with Crippen molar-refractivity contribution in [1.82, 2.24) is 0 Å². The average Bonchev–Trinajstić information content (AvgIpc) is 1.96.